The van der Waals surface area contributed by atoms with Gasteiger partial charge in [0.2, 0.25) is 11.9 Å². The van der Waals surface area contributed by atoms with Crippen LogP contribution in [0.2, 0.25) is 5.02 Å². The van der Waals surface area contributed by atoms with Crippen molar-refractivity contribution in [2.75, 3.05) is 31.7 Å². The van der Waals surface area contributed by atoms with Gasteiger partial charge in [-0.2, -0.15) is 0 Å². The minimum atomic E-state index is -0.703. The molecule has 206 valence electrons. The van der Waals surface area contributed by atoms with Crippen LogP contribution >= 0.6 is 22.9 Å². The summed E-state index contributed by atoms with van der Waals surface area (Å²) in [4.78, 5) is 39.0. The number of carbonyl (C=O) groups excluding carboxylic acids is 2. The molecule has 0 spiro atoms. The number of hydrogen-bond acceptors (Lipinski definition) is 8. The highest BCUT2D eigenvalue weighted by Gasteiger charge is 2.34. The number of rotatable bonds is 8. The highest BCUT2D eigenvalue weighted by atomic mass is 35.5. The van der Waals surface area contributed by atoms with Crippen LogP contribution in [0.25, 0.3) is 10.6 Å². The largest absolute Gasteiger partial charge is 0.394 e. The Labute approximate surface area is 236 Å². The maximum absolute atomic E-state index is 13.5. The van der Waals surface area contributed by atoms with Gasteiger partial charge in [0.25, 0.3) is 5.91 Å². The lowest BCUT2D eigenvalue weighted by Crippen LogP contribution is -2.51. The molecule has 1 fully saturated rings. The lowest BCUT2D eigenvalue weighted by atomic mass is 10.0. The van der Waals surface area contributed by atoms with Crippen LogP contribution in [0.3, 0.4) is 0 Å². The summed E-state index contributed by atoms with van der Waals surface area (Å²) in [5.41, 5.74) is 3.00. The van der Waals surface area contributed by atoms with Gasteiger partial charge in [0, 0.05) is 37.1 Å². The van der Waals surface area contributed by atoms with Crippen molar-refractivity contribution in [2.24, 2.45) is 0 Å². The number of anilines is 1. The van der Waals surface area contributed by atoms with Gasteiger partial charge in [-0.05, 0) is 38.3 Å². The number of aliphatic hydroxyl groups is 1. The molecule has 1 saturated heterocycles. The molecular weight excluding hydrogens is 538 g/mol. The van der Waals surface area contributed by atoms with Gasteiger partial charge in [-0.1, -0.05) is 41.4 Å². The van der Waals surface area contributed by atoms with E-state index in [1.807, 2.05) is 37.3 Å². The quantitative estimate of drug-likeness (QED) is 0.375. The van der Waals surface area contributed by atoms with E-state index in [0.29, 0.717) is 48.4 Å². The van der Waals surface area contributed by atoms with Crippen molar-refractivity contribution in [3.05, 3.63) is 63.1 Å². The Balaban J connectivity index is 1.30. The van der Waals surface area contributed by atoms with Gasteiger partial charge in [0.15, 0.2) is 0 Å². The monoisotopic (exact) mass is 569 g/mol. The van der Waals surface area contributed by atoms with E-state index in [1.165, 1.54) is 11.3 Å². The van der Waals surface area contributed by atoms with Gasteiger partial charge in [-0.25, -0.2) is 9.97 Å². The average molecular weight is 570 g/mol. The first-order chi connectivity index (χ1) is 18.8. The van der Waals surface area contributed by atoms with Crippen molar-refractivity contribution < 1.29 is 19.4 Å². The Hall–Kier alpha value is -3.05. The van der Waals surface area contributed by atoms with E-state index in [1.54, 1.807) is 18.0 Å². The van der Waals surface area contributed by atoms with Crippen LogP contribution in [0.5, 0.6) is 0 Å². The summed E-state index contributed by atoms with van der Waals surface area (Å²) < 4.78 is 5.42. The van der Waals surface area contributed by atoms with Crippen LogP contribution < -0.4 is 10.6 Å². The molecule has 1 aromatic carbocycles. The van der Waals surface area contributed by atoms with Crippen LogP contribution in [0, 0.1) is 6.92 Å². The Kier molecular flexibility index (Phi) is 8.46. The molecule has 5 rings (SSSR count). The maximum Gasteiger partial charge on any atom is 0.255 e. The number of aliphatic hydroxyl groups excluding tert-OH is 1. The highest BCUT2D eigenvalue weighted by Crippen LogP contribution is 2.37. The van der Waals surface area contributed by atoms with Crippen LogP contribution in [0.4, 0.5) is 5.95 Å². The molecule has 0 bridgehead atoms. The molecule has 2 aliphatic heterocycles. The van der Waals surface area contributed by atoms with E-state index >= 15 is 0 Å². The lowest BCUT2D eigenvalue weighted by molar-refractivity contribution is -0.126. The van der Waals surface area contributed by atoms with E-state index in [2.05, 4.69) is 20.6 Å². The fourth-order valence-corrected chi connectivity index (χ4v) is 6.34. The van der Waals surface area contributed by atoms with E-state index in [-0.39, 0.29) is 24.5 Å². The zero-order chi connectivity index (χ0) is 27.5. The molecule has 4 heterocycles. The van der Waals surface area contributed by atoms with Crippen molar-refractivity contribution in [3.63, 3.8) is 0 Å². The minimum absolute atomic E-state index is 0.205. The Morgan fingerprint density at radius 2 is 2.10 bits per heavy atom. The van der Waals surface area contributed by atoms with Gasteiger partial charge in [-0.3, -0.25) is 9.59 Å². The van der Waals surface area contributed by atoms with Gasteiger partial charge < -0.3 is 25.4 Å². The summed E-state index contributed by atoms with van der Waals surface area (Å²) in [6, 6.07) is 8.45. The molecule has 11 heteroatoms. The molecule has 2 aliphatic rings. The number of carbonyl (C=O) groups is 2. The Bertz CT molecular complexity index is 1360. The number of benzene rings is 1. The molecule has 2 amide bonds. The number of amides is 2. The molecule has 2 aromatic heterocycles. The molecular formula is C28H32ClN5O4S. The molecule has 0 aliphatic carbocycles. The fourth-order valence-electron chi connectivity index (χ4n) is 4.95. The summed E-state index contributed by atoms with van der Waals surface area (Å²) >= 11 is 7.97. The smallest absolute Gasteiger partial charge is 0.255 e. The first-order valence-electron chi connectivity index (χ1n) is 13.1. The second kappa shape index (κ2) is 12.0. The summed E-state index contributed by atoms with van der Waals surface area (Å²) in [5, 5.41) is 16.6. The van der Waals surface area contributed by atoms with E-state index in [4.69, 9.17) is 16.3 Å². The summed E-state index contributed by atoms with van der Waals surface area (Å²) in [5.74, 6) is -0.0216. The molecule has 1 unspecified atom stereocenters. The standard InChI is InChI=1S/C28H32ClN5O4S/c1-16-4-3-5-18(12-16)22(15-35)32-26(36)17(2)34-9-6-23-20(27(34)37)13-24(39-23)25-21(29)14-30-28(33-25)31-19-7-10-38-11-8-19/h3-5,12-14,17,19,22,35H,6-11,15H2,1-2H3,(H,32,36)(H,30,31,33)/t17?,22-/m1/s1. The second-order valence-corrected chi connectivity index (χ2v) is 11.5. The van der Waals surface area contributed by atoms with Crippen LogP contribution in [0.15, 0.2) is 36.5 Å². The van der Waals surface area contributed by atoms with Crippen LogP contribution in [0.1, 0.15) is 52.2 Å². The van der Waals surface area contributed by atoms with Crippen LogP contribution in [-0.2, 0) is 16.0 Å². The van der Waals surface area contributed by atoms with Crippen LogP contribution in [-0.4, -0.2) is 70.2 Å². The van der Waals surface area contributed by atoms with Crippen molar-refractivity contribution in [2.45, 2.75) is 51.2 Å². The van der Waals surface area contributed by atoms with E-state index < -0.39 is 12.1 Å². The number of aromatic nitrogens is 2. The number of nitrogens with one attached hydrogen (secondary N) is 2. The van der Waals surface area contributed by atoms with Crippen molar-refractivity contribution in [1.82, 2.24) is 20.2 Å². The molecule has 3 aromatic rings. The third-order valence-electron chi connectivity index (χ3n) is 7.20. The molecule has 3 N–H and O–H groups in total. The van der Waals surface area contributed by atoms with Crippen molar-refractivity contribution in [3.8, 4) is 10.6 Å². The van der Waals surface area contributed by atoms with E-state index in [0.717, 1.165) is 33.7 Å². The van der Waals surface area contributed by atoms with Gasteiger partial charge in [0.1, 0.15) is 11.7 Å². The predicted octanol–water partition coefficient (Wildman–Crippen LogP) is 3.99. The predicted molar refractivity (Wildman–Crippen MR) is 151 cm³/mol. The lowest BCUT2D eigenvalue weighted by Gasteiger charge is -2.32. The third kappa shape index (κ3) is 6.09. The Morgan fingerprint density at radius 1 is 1.31 bits per heavy atom. The number of nitrogens with zero attached hydrogens (tertiary/aromatic N) is 3. The van der Waals surface area contributed by atoms with Crippen molar-refractivity contribution in [1.29, 1.82) is 0 Å². The number of thiophene rings is 1. The van der Waals surface area contributed by atoms with E-state index in [9.17, 15) is 14.7 Å². The van der Waals surface area contributed by atoms with Gasteiger partial charge >= 0.3 is 0 Å². The second-order valence-electron chi connectivity index (χ2n) is 9.95. The number of fused-ring (bicyclic) bond motifs is 1. The summed E-state index contributed by atoms with van der Waals surface area (Å²) in [7, 11) is 0. The zero-order valence-corrected chi connectivity index (χ0v) is 23.5. The fraction of sp³-hybridized carbons (Fsp3) is 0.429. The average Bonchev–Trinajstić information content (AvgIpc) is 3.38. The number of hydrogen-bond donors (Lipinski definition) is 3. The summed E-state index contributed by atoms with van der Waals surface area (Å²) in [6.45, 7) is 5.27. The Morgan fingerprint density at radius 3 is 2.85 bits per heavy atom. The molecule has 2 atom stereocenters. The summed E-state index contributed by atoms with van der Waals surface area (Å²) in [6.07, 6.45) is 3.97. The third-order valence-corrected chi connectivity index (χ3v) is 8.68. The molecule has 39 heavy (non-hydrogen) atoms. The highest BCUT2D eigenvalue weighted by molar-refractivity contribution is 7.16. The molecule has 0 radical (unpaired) electrons. The molecule has 0 saturated carbocycles. The van der Waals surface area contributed by atoms with Gasteiger partial charge in [0.05, 0.1) is 34.3 Å². The zero-order valence-electron chi connectivity index (χ0n) is 21.9. The SMILES string of the molecule is Cc1cccc([C@@H](CO)NC(=O)C(C)N2CCc3sc(-c4nc(NC5CCOCC5)ncc4Cl)cc3C2=O)c1. The number of ether oxygens (including phenoxy) is 1. The minimum Gasteiger partial charge on any atom is -0.394 e. The topological polar surface area (TPSA) is 117 Å². The first-order valence-corrected chi connectivity index (χ1v) is 14.3. The number of halogens is 1. The normalized spacial score (nSPS) is 17.4. The first kappa shape index (κ1) is 27.5. The number of aryl methyl sites for hydroxylation is 1. The van der Waals surface area contributed by atoms with Crippen molar-refractivity contribution >= 4 is 40.7 Å². The molecule has 9 nitrogen and oxygen atoms in total. The van der Waals surface area contributed by atoms with Gasteiger partial charge in [-0.15, -0.1) is 11.3 Å². The maximum atomic E-state index is 13.5.